The highest BCUT2D eigenvalue weighted by molar-refractivity contribution is 5.83. The monoisotopic (exact) mass is 283 g/mol. The summed E-state index contributed by atoms with van der Waals surface area (Å²) in [7, 11) is 0. The summed E-state index contributed by atoms with van der Waals surface area (Å²) >= 11 is 0. The molecule has 3 nitrogen and oxygen atoms in total. The van der Waals surface area contributed by atoms with Crippen LogP contribution < -0.4 is 5.32 Å². The minimum absolute atomic E-state index is 0.655. The zero-order valence-corrected chi connectivity index (χ0v) is 13.1. The lowest BCUT2D eigenvalue weighted by molar-refractivity contribution is 0.552. The summed E-state index contributed by atoms with van der Waals surface area (Å²) in [5, 5.41) is 13.5. The second-order valence-electron chi connectivity index (χ2n) is 6.00. The summed E-state index contributed by atoms with van der Waals surface area (Å²) in [5.74, 6) is 0.671. The second kappa shape index (κ2) is 7.85. The number of rotatable bonds is 8. The van der Waals surface area contributed by atoms with Crippen LogP contribution in [0.1, 0.15) is 38.7 Å². The predicted octanol–water partition coefficient (Wildman–Crippen LogP) is 4.08. The van der Waals surface area contributed by atoms with E-state index in [4.69, 9.17) is 5.26 Å². The van der Waals surface area contributed by atoms with Gasteiger partial charge in [0.05, 0.1) is 6.07 Å². The van der Waals surface area contributed by atoms with Crippen LogP contribution in [0.2, 0.25) is 0 Å². The molecule has 0 saturated heterocycles. The number of nitrogens with one attached hydrogen (secondary N) is 1. The number of nitrogens with zero attached hydrogens (tertiary/aromatic N) is 2. The van der Waals surface area contributed by atoms with Crippen molar-refractivity contribution >= 4 is 10.9 Å². The number of para-hydroxylation sites is 1. The minimum Gasteiger partial charge on any atom is -0.347 e. The normalized spacial score (nSPS) is 11.1. The van der Waals surface area contributed by atoms with E-state index in [2.05, 4.69) is 60.3 Å². The molecule has 0 radical (unpaired) electrons. The number of hydrogen-bond acceptors (Lipinski definition) is 2. The highest BCUT2D eigenvalue weighted by Gasteiger charge is 2.07. The molecule has 0 aliphatic rings. The lowest BCUT2D eigenvalue weighted by Crippen LogP contribution is -2.18. The van der Waals surface area contributed by atoms with Gasteiger partial charge in [-0.15, -0.1) is 0 Å². The summed E-state index contributed by atoms with van der Waals surface area (Å²) in [4.78, 5) is 0. The van der Waals surface area contributed by atoms with Gasteiger partial charge >= 0.3 is 0 Å². The highest BCUT2D eigenvalue weighted by atomic mass is 15.0. The quantitative estimate of drug-likeness (QED) is 0.742. The fourth-order valence-electron chi connectivity index (χ4n) is 2.63. The van der Waals surface area contributed by atoms with Crippen molar-refractivity contribution in [1.82, 2.24) is 9.88 Å². The number of nitriles is 1. The summed E-state index contributed by atoms with van der Waals surface area (Å²) in [5.41, 5.74) is 2.67. The number of hydrogen-bond donors (Lipinski definition) is 1. The van der Waals surface area contributed by atoms with E-state index in [0.717, 1.165) is 32.5 Å². The molecule has 0 fully saturated rings. The van der Waals surface area contributed by atoms with Crippen LogP contribution in [0.15, 0.2) is 30.5 Å². The molecule has 0 unspecified atom stereocenters. The van der Waals surface area contributed by atoms with Crippen molar-refractivity contribution in [2.45, 2.75) is 46.2 Å². The molecule has 2 aromatic rings. The molecule has 1 N–H and O–H groups in total. The Bertz CT molecular complexity index is 604. The SMILES string of the molecule is CC(C)CNCc1cn(CCCCC#N)c2ccccc12. The third-order valence-electron chi connectivity index (χ3n) is 3.68. The molecule has 1 aromatic carbocycles. The Hall–Kier alpha value is -1.79. The van der Waals surface area contributed by atoms with Gasteiger partial charge < -0.3 is 9.88 Å². The minimum atomic E-state index is 0.655. The first-order valence-electron chi connectivity index (χ1n) is 7.86. The van der Waals surface area contributed by atoms with E-state index >= 15 is 0 Å². The molecular formula is C18H25N3. The number of benzene rings is 1. The maximum Gasteiger partial charge on any atom is 0.0621 e. The summed E-state index contributed by atoms with van der Waals surface area (Å²) in [6, 6.07) is 10.8. The molecular weight excluding hydrogens is 258 g/mol. The second-order valence-corrected chi connectivity index (χ2v) is 6.00. The van der Waals surface area contributed by atoms with Crippen LogP contribution in [0.3, 0.4) is 0 Å². The smallest absolute Gasteiger partial charge is 0.0621 e. The van der Waals surface area contributed by atoms with E-state index in [0.29, 0.717) is 12.3 Å². The molecule has 0 saturated carbocycles. The number of unbranched alkanes of at least 4 members (excludes halogenated alkanes) is 2. The predicted molar refractivity (Wildman–Crippen MR) is 87.9 cm³/mol. The van der Waals surface area contributed by atoms with Gasteiger partial charge in [0.2, 0.25) is 0 Å². The lowest BCUT2D eigenvalue weighted by atomic mass is 10.1. The maximum atomic E-state index is 8.62. The zero-order valence-electron chi connectivity index (χ0n) is 13.1. The zero-order chi connectivity index (χ0) is 15.1. The van der Waals surface area contributed by atoms with Crippen LogP contribution in [0.5, 0.6) is 0 Å². The van der Waals surface area contributed by atoms with Crippen LogP contribution in [0.25, 0.3) is 10.9 Å². The average Bonchev–Trinajstić information content (AvgIpc) is 2.82. The van der Waals surface area contributed by atoms with Gasteiger partial charge in [-0.2, -0.15) is 5.26 Å². The van der Waals surface area contributed by atoms with Crippen molar-refractivity contribution in [3.63, 3.8) is 0 Å². The van der Waals surface area contributed by atoms with E-state index in [1.165, 1.54) is 16.5 Å². The van der Waals surface area contributed by atoms with E-state index in [-0.39, 0.29) is 0 Å². The van der Waals surface area contributed by atoms with E-state index in [1.54, 1.807) is 0 Å². The molecule has 0 aliphatic carbocycles. The first-order valence-corrected chi connectivity index (χ1v) is 7.86. The van der Waals surface area contributed by atoms with Gasteiger partial charge in [-0.1, -0.05) is 32.0 Å². The van der Waals surface area contributed by atoms with Crippen molar-refractivity contribution in [2.24, 2.45) is 5.92 Å². The van der Waals surface area contributed by atoms with Crippen molar-refractivity contribution in [1.29, 1.82) is 5.26 Å². The van der Waals surface area contributed by atoms with Gasteiger partial charge in [-0.05, 0) is 36.9 Å². The molecule has 0 atom stereocenters. The van der Waals surface area contributed by atoms with Gasteiger partial charge in [0.25, 0.3) is 0 Å². The molecule has 21 heavy (non-hydrogen) atoms. The largest absolute Gasteiger partial charge is 0.347 e. The third-order valence-corrected chi connectivity index (χ3v) is 3.68. The van der Waals surface area contributed by atoms with Gasteiger partial charge in [0.15, 0.2) is 0 Å². The first kappa shape index (κ1) is 15.6. The molecule has 3 heteroatoms. The molecule has 112 valence electrons. The van der Waals surface area contributed by atoms with E-state index < -0.39 is 0 Å². The Balaban J connectivity index is 2.09. The molecule has 0 spiro atoms. The average molecular weight is 283 g/mol. The Morgan fingerprint density at radius 2 is 2.05 bits per heavy atom. The van der Waals surface area contributed by atoms with Crippen LogP contribution in [-0.2, 0) is 13.1 Å². The molecule has 0 amide bonds. The van der Waals surface area contributed by atoms with Gasteiger partial charge in [0.1, 0.15) is 0 Å². The fourth-order valence-corrected chi connectivity index (χ4v) is 2.63. The van der Waals surface area contributed by atoms with Crippen LogP contribution in [-0.4, -0.2) is 11.1 Å². The Labute approximate surface area is 127 Å². The summed E-state index contributed by atoms with van der Waals surface area (Å²) < 4.78 is 2.33. The molecule has 1 heterocycles. The lowest BCUT2D eigenvalue weighted by Gasteiger charge is -2.06. The summed E-state index contributed by atoms with van der Waals surface area (Å²) in [6.07, 6.45) is 4.96. The standard InChI is InChI=1S/C18H25N3/c1-15(2)12-20-13-16-14-21(11-7-3-6-10-19)18-9-5-4-8-17(16)18/h4-5,8-9,14-15,20H,3,6-7,11-13H2,1-2H3. The Morgan fingerprint density at radius 3 is 2.81 bits per heavy atom. The molecule has 1 aromatic heterocycles. The van der Waals surface area contributed by atoms with Crippen molar-refractivity contribution in [2.75, 3.05) is 6.54 Å². The van der Waals surface area contributed by atoms with Crippen LogP contribution in [0, 0.1) is 17.2 Å². The highest BCUT2D eigenvalue weighted by Crippen LogP contribution is 2.22. The van der Waals surface area contributed by atoms with Crippen molar-refractivity contribution < 1.29 is 0 Å². The van der Waals surface area contributed by atoms with E-state index in [9.17, 15) is 0 Å². The van der Waals surface area contributed by atoms with Gasteiger partial charge in [-0.3, -0.25) is 0 Å². The van der Waals surface area contributed by atoms with Gasteiger partial charge in [0, 0.05) is 36.6 Å². The van der Waals surface area contributed by atoms with Crippen molar-refractivity contribution in [3.8, 4) is 6.07 Å². The van der Waals surface area contributed by atoms with Crippen molar-refractivity contribution in [3.05, 3.63) is 36.0 Å². The molecule has 2 rings (SSSR count). The van der Waals surface area contributed by atoms with Gasteiger partial charge in [-0.25, -0.2) is 0 Å². The number of aromatic nitrogens is 1. The Kier molecular flexibility index (Phi) is 5.83. The third kappa shape index (κ3) is 4.34. The molecule has 0 bridgehead atoms. The van der Waals surface area contributed by atoms with Crippen LogP contribution in [0.4, 0.5) is 0 Å². The maximum absolute atomic E-state index is 8.62. The topological polar surface area (TPSA) is 40.8 Å². The van der Waals surface area contributed by atoms with E-state index in [1.807, 2.05) is 0 Å². The fraction of sp³-hybridized carbons (Fsp3) is 0.500. The Morgan fingerprint density at radius 1 is 1.24 bits per heavy atom. The summed E-state index contributed by atoms with van der Waals surface area (Å²) in [6.45, 7) is 7.41. The number of fused-ring (bicyclic) bond motifs is 1. The molecule has 0 aliphatic heterocycles. The number of aryl methyl sites for hydroxylation is 1. The first-order chi connectivity index (χ1) is 10.2. The van der Waals surface area contributed by atoms with Crippen LogP contribution >= 0.6 is 0 Å².